The van der Waals surface area contributed by atoms with Gasteiger partial charge in [0.15, 0.2) is 11.5 Å². The number of ether oxygens (including phenoxy) is 1. The molecule has 25 heavy (non-hydrogen) atoms. The second-order valence-corrected chi connectivity index (χ2v) is 5.62. The standard InChI is InChI=1S/C17H13F2N5O/c1-8-11(4-5-14(19)20-8)17-21-9(2)16-23-22-15-12(18)6-10(25-3)7-13(15)24(16)17/h4-7H,1-3H3. The predicted octanol–water partition coefficient (Wildman–Crippen LogP) is 3.24. The first-order chi connectivity index (χ1) is 12.0. The van der Waals surface area contributed by atoms with Crippen molar-refractivity contribution in [2.45, 2.75) is 13.8 Å². The van der Waals surface area contributed by atoms with E-state index in [1.165, 1.54) is 19.2 Å². The number of benzene rings is 1. The molecule has 0 spiro atoms. The lowest BCUT2D eigenvalue weighted by atomic mass is 10.2. The second kappa shape index (κ2) is 5.44. The fourth-order valence-corrected chi connectivity index (χ4v) is 2.86. The maximum Gasteiger partial charge on any atom is 0.213 e. The van der Waals surface area contributed by atoms with Gasteiger partial charge in [0.25, 0.3) is 0 Å². The highest BCUT2D eigenvalue weighted by atomic mass is 19.1. The third-order valence-electron chi connectivity index (χ3n) is 4.05. The van der Waals surface area contributed by atoms with Crippen molar-refractivity contribution in [2.24, 2.45) is 0 Å². The third kappa shape index (κ3) is 2.29. The number of hydrogen-bond acceptors (Lipinski definition) is 5. The van der Waals surface area contributed by atoms with Crippen molar-refractivity contribution in [3.8, 4) is 17.1 Å². The number of aromatic nitrogens is 5. The van der Waals surface area contributed by atoms with E-state index in [1.54, 1.807) is 30.4 Å². The Morgan fingerprint density at radius 2 is 1.80 bits per heavy atom. The molecule has 0 saturated carbocycles. The van der Waals surface area contributed by atoms with E-state index in [1.807, 2.05) is 0 Å². The van der Waals surface area contributed by atoms with E-state index in [-0.39, 0.29) is 5.52 Å². The van der Waals surface area contributed by atoms with E-state index in [0.717, 1.165) is 0 Å². The molecular formula is C17H13F2N5O. The number of hydrogen-bond donors (Lipinski definition) is 0. The summed E-state index contributed by atoms with van der Waals surface area (Å²) in [7, 11) is 1.46. The zero-order chi connectivity index (χ0) is 17.7. The average molecular weight is 341 g/mol. The van der Waals surface area contributed by atoms with Gasteiger partial charge in [-0.15, -0.1) is 10.2 Å². The van der Waals surface area contributed by atoms with Crippen LogP contribution in [-0.4, -0.2) is 31.7 Å². The van der Waals surface area contributed by atoms with Crippen LogP contribution in [0.4, 0.5) is 8.78 Å². The topological polar surface area (TPSA) is 65.2 Å². The summed E-state index contributed by atoms with van der Waals surface area (Å²) in [6.07, 6.45) is 0. The predicted molar refractivity (Wildman–Crippen MR) is 87.5 cm³/mol. The van der Waals surface area contributed by atoms with Gasteiger partial charge in [0.1, 0.15) is 17.1 Å². The Balaban J connectivity index is 2.17. The SMILES string of the molecule is COc1cc(F)c2nnc3c(C)nc(-c4ccc(F)nc4C)n3c2c1. The Hall–Kier alpha value is -3.16. The Bertz CT molecular complexity index is 1140. The largest absolute Gasteiger partial charge is 0.497 e. The first-order valence-electron chi connectivity index (χ1n) is 7.52. The van der Waals surface area contributed by atoms with Crippen molar-refractivity contribution < 1.29 is 13.5 Å². The molecule has 6 nitrogen and oxygen atoms in total. The van der Waals surface area contributed by atoms with E-state index in [0.29, 0.717) is 39.7 Å². The zero-order valence-electron chi connectivity index (χ0n) is 13.7. The fourth-order valence-electron chi connectivity index (χ4n) is 2.86. The Kier molecular flexibility index (Phi) is 3.34. The van der Waals surface area contributed by atoms with Crippen LogP contribution in [0.2, 0.25) is 0 Å². The summed E-state index contributed by atoms with van der Waals surface area (Å²) in [5.74, 6) is -0.276. The number of fused-ring (bicyclic) bond motifs is 3. The summed E-state index contributed by atoms with van der Waals surface area (Å²) in [6, 6.07) is 5.76. The maximum absolute atomic E-state index is 14.4. The second-order valence-electron chi connectivity index (χ2n) is 5.62. The van der Waals surface area contributed by atoms with Gasteiger partial charge in [-0.25, -0.2) is 14.4 Å². The Morgan fingerprint density at radius 1 is 1.00 bits per heavy atom. The number of nitrogens with zero attached hydrogens (tertiary/aromatic N) is 5. The smallest absolute Gasteiger partial charge is 0.213 e. The van der Waals surface area contributed by atoms with Crippen LogP contribution in [0.25, 0.3) is 28.1 Å². The highest BCUT2D eigenvalue weighted by molar-refractivity contribution is 5.82. The molecule has 0 N–H and O–H groups in total. The number of aryl methyl sites for hydroxylation is 2. The van der Waals surface area contributed by atoms with Crippen LogP contribution in [0, 0.1) is 25.6 Å². The van der Waals surface area contributed by atoms with Gasteiger partial charge >= 0.3 is 0 Å². The van der Waals surface area contributed by atoms with Gasteiger partial charge in [0.2, 0.25) is 5.95 Å². The highest BCUT2D eigenvalue weighted by Gasteiger charge is 2.19. The van der Waals surface area contributed by atoms with Gasteiger partial charge in [-0.1, -0.05) is 0 Å². The molecule has 0 unspecified atom stereocenters. The molecular weight excluding hydrogens is 328 g/mol. The molecule has 0 saturated heterocycles. The summed E-state index contributed by atoms with van der Waals surface area (Å²) in [6.45, 7) is 3.47. The molecule has 4 rings (SSSR count). The van der Waals surface area contributed by atoms with Crippen LogP contribution in [-0.2, 0) is 0 Å². The van der Waals surface area contributed by atoms with Crippen LogP contribution in [0.15, 0.2) is 24.3 Å². The van der Waals surface area contributed by atoms with Crippen LogP contribution in [0.1, 0.15) is 11.4 Å². The summed E-state index contributed by atoms with van der Waals surface area (Å²) in [5, 5.41) is 8.07. The third-order valence-corrected chi connectivity index (χ3v) is 4.05. The minimum atomic E-state index is -0.573. The first-order valence-corrected chi connectivity index (χ1v) is 7.52. The Morgan fingerprint density at radius 3 is 2.52 bits per heavy atom. The van der Waals surface area contributed by atoms with Crippen molar-refractivity contribution in [1.82, 2.24) is 24.6 Å². The minimum Gasteiger partial charge on any atom is -0.497 e. The van der Waals surface area contributed by atoms with Gasteiger partial charge in [-0.05, 0) is 26.0 Å². The van der Waals surface area contributed by atoms with Gasteiger partial charge in [0.05, 0.1) is 24.0 Å². The molecule has 0 atom stereocenters. The van der Waals surface area contributed by atoms with Crippen molar-refractivity contribution >= 4 is 16.7 Å². The van der Waals surface area contributed by atoms with Crippen LogP contribution < -0.4 is 4.74 Å². The minimum absolute atomic E-state index is 0.0969. The van der Waals surface area contributed by atoms with Gasteiger partial charge in [-0.3, -0.25) is 4.40 Å². The molecule has 1 aromatic carbocycles. The molecule has 0 radical (unpaired) electrons. The van der Waals surface area contributed by atoms with E-state index >= 15 is 0 Å². The van der Waals surface area contributed by atoms with Crippen molar-refractivity contribution in [1.29, 1.82) is 0 Å². The molecule has 0 aliphatic heterocycles. The van der Waals surface area contributed by atoms with Crippen molar-refractivity contribution in [3.05, 3.63) is 47.4 Å². The molecule has 0 fully saturated rings. The van der Waals surface area contributed by atoms with Crippen molar-refractivity contribution in [3.63, 3.8) is 0 Å². The lowest BCUT2D eigenvalue weighted by Crippen LogP contribution is -2.01. The average Bonchev–Trinajstić information content (AvgIpc) is 2.92. The number of methoxy groups -OCH3 is 1. The van der Waals surface area contributed by atoms with E-state index < -0.39 is 11.8 Å². The molecule has 0 bridgehead atoms. The lowest BCUT2D eigenvalue weighted by molar-refractivity contribution is 0.412. The molecule has 126 valence electrons. The molecule has 3 heterocycles. The number of halogens is 2. The summed E-state index contributed by atoms with van der Waals surface area (Å²) in [5.41, 5.74) is 2.76. The Labute approximate surface area is 141 Å². The molecule has 0 amide bonds. The van der Waals surface area contributed by atoms with Crippen LogP contribution >= 0.6 is 0 Å². The van der Waals surface area contributed by atoms with Crippen molar-refractivity contribution in [2.75, 3.05) is 7.11 Å². The van der Waals surface area contributed by atoms with Crippen LogP contribution in [0.3, 0.4) is 0 Å². The number of pyridine rings is 1. The molecule has 8 heteroatoms. The molecule has 0 aliphatic rings. The lowest BCUT2D eigenvalue weighted by Gasteiger charge is -2.09. The van der Waals surface area contributed by atoms with E-state index in [2.05, 4.69) is 20.2 Å². The monoisotopic (exact) mass is 341 g/mol. The maximum atomic E-state index is 14.4. The normalized spacial score (nSPS) is 11.4. The molecule has 4 aromatic rings. The van der Waals surface area contributed by atoms with E-state index in [9.17, 15) is 8.78 Å². The van der Waals surface area contributed by atoms with E-state index in [4.69, 9.17) is 4.74 Å². The fraction of sp³-hybridized carbons (Fsp3) is 0.176. The first kappa shape index (κ1) is 15.4. The molecule has 0 aliphatic carbocycles. The summed E-state index contributed by atoms with van der Waals surface area (Å²) < 4.78 is 34.6. The van der Waals surface area contributed by atoms with Crippen LogP contribution in [0.5, 0.6) is 5.75 Å². The van der Waals surface area contributed by atoms with Gasteiger partial charge in [-0.2, -0.15) is 4.39 Å². The summed E-state index contributed by atoms with van der Waals surface area (Å²) >= 11 is 0. The zero-order valence-corrected chi connectivity index (χ0v) is 13.7. The van der Waals surface area contributed by atoms with Gasteiger partial charge < -0.3 is 4.74 Å². The molecule has 3 aromatic heterocycles. The quantitative estimate of drug-likeness (QED) is 0.524. The number of imidazole rings is 1. The number of rotatable bonds is 2. The van der Waals surface area contributed by atoms with Gasteiger partial charge in [0, 0.05) is 17.7 Å². The summed E-state index contributed by atoms with van der Waals surface area (Å²) in [4.78, 5) is 8.36. The highest BCUT2D eigenvalue weighted by Crippen LogP contribution is 2.29.